The van der Waals surface area contributed by atoms with Crippen LogP contribution in [0.15, 0.2) is 54.6 Å². The highest BCUT2D eigenvalue weighted by Crippen LogP contribution is 2.19. The predicted molar refractivity (Wildman–Crippen MR) is 87.3 cm³/mol. The van der Waals surface area contributed by atoms with Crippen molar-refractivity contribution in [2.75, 3.05) is 13.2 Å². The minimum absolute atomic E-state index is 0.135. The van der Waals surface area contributed by atoms with E-state index in [9.17, 15) is 0 Å². The molecular weight excluding hydrogens is 260 g/mol. The van der Waals surface area contributed by atoms with Crippen LogP contribution in [0.3, 0.4) is 0 Å². The SMILES string of the molecule is CCCOc1cccc(C(CN)NCc2ccccc2)c1. The normalized spacial score (nSPS) is 12.1. The Hall–Kier alpha value is -1.84. The molecule has 3 N–H and O–H groups in total. The molecular formula is C18H24N2O. The van der Waals surface area contributed by atoms with E-state index >= 15 is 0 Å². The van der Waals surface area contributed by atoms with E-state index in [2.05, 4.69) is 36.5 Å². The Kier molecular flexibility index (Phi) is 6.25. The van der Waals surface area contributed by atoms with Gasteiger partial charge in [0.15, 0.2) is 0 Å². The van der Waals surface area contributed by atoms with Gasteiger partial charge in [-0.2, -0.15) is 0 Å². The Morgan fingerprint density at radius 1 is 1.10 bits per heavy atom. The summed E-state index contributed by atoms with van der Waals surface area (Å²) in [6, 6.07) is 18.7. The number of hydrogen-bond acceptors (Lipinski definition) is 3. The lowest BCUT2D eigenvalue weighted by Crippen LogP contribution is -2.27. The Bertz CT molecular complexity index is 528. The van der Waals surface area contributed by atoms with E-state index in [1.54, 1.807) is 0 Å². The molecule has 1 unspecified atom stereocenters. The molecule has 1 atom stereocenters. The van der Waals surface area contributed by atoms with Crippen LogP contribution in [0.2, 0.25) is 0 Å². The first-order chi connectivity index (χ1) is 10.3. The number of nitrogens with two attached hydrogens (primary N) is 1. The van der Waals surface area contributed by atoms with E-state index < -0.39 is 0 Å². The molecule has 0 amide bonds. The molecule has 0 saturated heterocycles. The van der Waals surface area contributed by atoms with Crippen LogP contribution in [0.4, 0.5) is 0 Å². The summed E-state index contributed by atoms with van der Waals surface area (Å²) < 4.78 is 5.68. The second-order valence-electron chi connectivity index (χ2n) is 5.08. The van der Waals surface area contributed by atoms with Crippen LogP contribution in [-0.4, -0.2) is 13.2 Å². The molecule has 0 fully saturated rings. The van der Waals surface area contributed by atoms with Gasteiger partial charge in [-0.15, -0.1) is 0 Å². The van der Waals surface area contributed by atoms with Crippen molar-refractivity contribution in [3.8, 4) is 5.75 Å². The summed E-state index contributed by atoms with van der Waals surface area (Å²) in [6.45, 7) is 4.22. The number of hydrogen-bond donors (Lipinski definition) is 2. The lowest BCUT2D eigenvalue weighted by Gasteiger charge is -2.18. The van der Waals surface area contributed by atoms with Gasteiger partial charge >= 0.3 is 0 Å². The second kappa shape index (κ2) is 8.45. The standard InChI is InChI=1S/C18H24N2O/c1-2-11-21-17-10-6-9-16(12-17)18(13-19)20-14-15-7-4-3-5-8-15/h3-10,12,18,20H,2,11,13-14,19H2,1H3. The minimum Gasteiger partial charge on any atom is -0.494 e. The van der Waals surface area contributed by atoms with E-state index in [0.29, 0.717) is 6.54 Å². The summed E-state index contributed by atoms with van der Waals surface area (Å²) in [4.78, 5) is 0. The highest BCUT2D eigenvalue weighted by Gasteiger charge is 2.09. The van der Waals surface area contributed by atoms with Crippen molar-refractivity contribution < 1.29 is 4.74 Å². The summed E-state index contributed by atoms with van der Waals surface area (Å²) >= 11 is 0. The zero-order valence-electron chi connectivity index (χ0n) is 12.6. The summed E-state index contributed by atoms with van der Waals surface area (Å²) in [5.41, 5.74) is 8.34. The van der Waals surface area contributed by atoms with E-state index in [-0.39, 0.29) is 6.04 Å². The Balaban J connectivity index is 1.99. The molecule has 2 aromatic carbocycles. The van der Waals surface area contributed by atoms with Crippen LogP contribution in [0.25, 0.3) is 0 Å². The number of nitrogens with one attached hydrogen (secondary N) is 1. The van der Waals surface area contributed by atoms with E-state index in [1.165, 1.54) is 11.1 Å². The van der Waals surface area contributed by atoms with Gasteiger partial charge in [0.1, 0.15) is 5.75 Å². The Morgan fingerprint density at radius 3 is 2.62 bits per heavy atom. The molecule has 0 aliphatic carbocycles. The highest BCUT2D eigenvalue weighted by molar-refractivity contribution is 5.31. The molecule has 112 valence electrons. The average Bonchev–Trinajstić information content (AvgIpc) is 2.55. The van der Waals surface area contributed by atoms with Crippen LogP contribution < -0.4 is 15.8 Å². The molecule has 0 aliphatic rings. The van der Waals surface area contributed by atoms with Gasteiger partial charge in [0.25, 0.3) is 0 Å². The van der Waals surface area contributed by atoms with Gasteiger partial charge in [-0.05, 0) is 29.7 Å². The van der Waals surface area contributed by atoms with Crippen LogP contribution in [0, 0.1) is 0 Å². The molecule has 2 rings (SSSR count). The summed E-state index contributed by atoms with van der Waals surface area (Å²) in [5, 5.41) is 3.50. The summed E-state index contributed by atoms with van der Waals surface area (Å²) in [7, 11) is 0. The molecule has 0 saturated carbocycles. The maximum absolute atomic E-state index is 5.92. The fourth-order valence-corrected chi connectivity index (χ4v) is 2.22. The fraction of sp³-hybridized carbons (Fsp3) is 0.333. The molecule has 0 aliphatic heterocycles. The molecule has 2 aromatic rings. The largest absolute Gasteiger partial charge is 0.494 e. The molecule has 21 heavy (non-hydrogen) atoms. The lowest BCUT2D eigenvalue weighted by atomic mass is 10.1. The van der Waals surface area contributed by atoms with Crippen molar-refractivity contribution in [3.63, 3.8) is 0 Å². The van der Waals surface area contributed by atoms with Crippen molar-refractivity contribution >= 4 is 0 Å². The first kappa shape index (κ1) is 15.5. The van der Waals surface area contributed by atoms with Crippen LogP contribution >= 0.6 is 0 Å². The van der Waals surface area contributed by atoms with Crippen LogP contribution in [0.5, 0.6) is 5.75 Å². The quantitative estimate of drug-likeness (QED) is 0.782. The van der Waals surface area contributed by atoms with Gasteiger partial charge in [-0.25, -0.2) is 0 Å². The van der Waals surface area contributed by atoms with Crippen molar-refractivity contribution in [3.05, 3.63) is 65.7 Å². The Labute approximate surface area is 127 Å². The second-order valence-corrected chi connectivity index (χ2v) is 5.08. The average molecular weight is 284 g/mol. The third-order valence-electron chi connectivity index (χ3n) is 3.36. The first-order valence-electron chi connectivity index (χ1n) is 7.53. The summed E-state index contributed by atoms with van der Waals surface area (Å²) in [5.74, 6) is 0.911. The van der Waals surface area contributed by atoms with Gasteiger partial charge in [0.05, 0.1) is 6.61 Å². The minimum atomic E-state index is 0.135. The fourth-order valence-electron chi connectivity index (χ4n) is 2.22. The number of rotatable bonds is 8. The van der Waals surface area contributed by atoms with Gasteiger partial charge in [-0.3, -0.25) is 0 Å². The molecule has 3 heteroatoms. The third kappa shape index (κ3) is 4.88. The van der Waals surface area contributed by atoms with E-state index in [1.807, 2.05) is 30.3 Å². The monoisotopic (exact) mass is 284 g/mol. The maximum atomic E-state index is 5.92. The van der Waals surface area contributed by atoms with Gasteiger partial charge in [0.2, 0.25) is 0 Å². The van der Waals surface area contributed by atoms with Gasteiger partial charge in [-0.1, -0.05) is 49.4 Å². The number of benzene rings is 2. The molecule has 0 heterocycles. The topological polar surface area (TPSA) is 47.3 Å². The first-order valence-corrected chi connectivity index (χ1v) is 7.53. The molecule has 0 bridgehead atoms. The van der Waals surface area contributed by atoms with E-state index in [4.69, 9.17) is 10.5 Å². The zero-order valence-corrected chi connectivity index (χ0v) is 12.6. The van der Waals surface area contributed by atoms with Crippen molar-refractivity contribution in [2.45, 2.75) is 25.9 Å². The van der Waals surface area contributed by atoms with E-state index in [0.717, 1.165) is 25.3 Å². The Morgan fingerprint density at radius 2 is 1.90 bits per heavy atom. The lowest BCUT2D eigenvalue weighted by molar-refractivity contribution is 0.316. The molecule has 3 nitrogen and oxygen atoms in total. The highest BCUT2D eigenvalue weighted by atomic mass is 16.5. The van der Waals surface area contributed by atoms with Gasteiger partial charge < -0.3 is 15.8 Å². The van der Waals surface area contributed by atoms with Crippen molar-refractivity contribution in [1.82, 2.24) is 5.32 Å². The number of ether oxygens (including phenoxy) is 1. The molecule has 0 spiro atoms. The van der Waals surface area contributed by atoms with Crippen LogP contribution in [0.1, 0.15) is 30.5 Å². The maximum Gasteiger partial charge on any atom is 0.119 e. The zero-order chi connectivity index (χ0) is 14.9. The van der Waals surface area contributed by atoms with Crippen molar-refractivity contribution in [1.29, 1.82) is 0 Å². The van der Waals surface area contributed by atoms with Crippen molar-refractivity contribution in [2.24, 2.45) is 5.73 Å². The van der Waals surface area contributed by atoms with Crippen LogP contribution in [-0.2, 0) is 6.54 Å². The van der Waals surface area contributed by atoms with Gasteiger partial charge in [0, 0.05) is 19.1 Å². The summed E-state index contributed by atoms with van der Waals surface area (Å²) in [6.07, 6.45) is 1.01. The third-order valence-corrected chi connectivity index (χ3v) is 3.36. The predicted octanol–water partition coefficient (Wildman–Crippen LogP) is 3.27. The smallest absolute Gasteiger partial charge is 0.119 e. The molecule has 0 radical (unpaired) electrons. The molecule has 0 aromatic heterocycles.